The fraction of sp³-hybridized carbons (Fsp3) is 0.292. The minimum atomic E-state index is -0.133. The number of carbonyl (C=O) groups excluding carboxylic acids is 1. The van der Waals surface area contributed by atoms with Crippen molar-refractivity contribution in [2.75, 3.05) is 10.6 Å². The van der Waals surface area contributed by atoms with E-state index in [2.05, 4.69) is 24.5 Å². The van der Waals surface area contributed by atoms with Crippen LogP contribution >= 0.6 is 11.6 Å². The number of halogens is 1. The maximum Gasteiger partial charge on any atom is 0.229 e. The van der Waals surface area contributed by atoms with Crippen LogP contribution in [0.25, 0.3) is 0 Å². The lowest BCUT2D eigenvalue weighted by Gasteiger charge is -2.30. The van der Waals surface area contributed by atoms with Crippen LogP contribution in [0.1, 0.15) is 47.4 Å². The van der Waals surface area contributed by atoms with Crippen LogP contribution in [0.3, 0.4) is 0 Å². The molecule has 0 aliphatic heterocycles. The summed E-state index contributed by atoms with van der Waals surface area (Å²) in [5.41, 5.74) is 5.23. The number of benzene rings is 2. The van der Waals surface area contributed by atoms with Gasteiger partial charge in [0, 0.05) is 22.8 Å². The maximum absolute atomic E-state index is 13.0. The lowest BCUT2D eigenvalue weighted by molar-refractivity contribution is 0.0911. The first-order valence-electron chi connectivity index (χ1n) is 10.0. The summed E-state index contributed by atoms with van der Waals surface area (Å²) in [7, 11) is 0. The lowest BCUT2D eigenvalue weighted by atomic mass is 9.75. The summed E-state index contributed by atoms with van der Waals surface area (Å²) in [4.78, 5) is 22.4. The standard InChI is InChI=1S/C24H25ClN4O/c1-14-6-5-7-15(2)21(14)28-22-20-18(12-24(3,4)13-19(20)30)27-23(29-22)26-17-10-8-16(25)9-11-17/h5-11H,12-13H2,1-4H3,(H2,26,27,28,29). The monoisotopic (exact) mass is 420 g/mol. The summed E-state index contributed by atoms with van der Waals surface area (Å²) in [6.45, 7) is 8.28. The second-order valence-electron chi connectivity index (χ2n) is 8.68. The van der Waals surface area contributed by atoms with Gasteiger partial charge in [0.25, 0.3) is 0 Å². The zero-order chi connectivity index (χ0) is 21.5. The second-order valence-corrected chi connectivity index (χ2v) is 9.12. The number of para-hydroxylation sites is 1. The van der Waals surface area contributed by atoms with E-state index in [9.17, 15) is 4.79 Å². The van der Waals surface area contributed by atoms with Gasteiger partial charge in [-0.25, -0.2) is 4.98 Å². The molecule has 2 aromatic carbocycles. The molecule has 0 amide bonds. The Bertz CT molecular complexity index is 1100. The predicted molar refractivity (Wildman–Crippen MR) is 122 cm³/mol. The van der Waals surface area contributed by atoms with Gasteiger partial charge >= 0.3 is 0 Å². The van der Waals surface area contributed by atoms with E-state index in [1.54, 1.807) is 0 Å². The fourth-order valence-electron chi connectivity index (χ4n) is 3.91. The van der Waals surface area contributed by atoms with Crippen LogP contribution < -0.4 is 10.6 Å². The highest BCUT2D eigenvalue weighted by molar-refractivity contribution is 6.30. The van der Waals surface area contributed by atoms with Gasteiger partial charge < -0.3 is 10.6 Å². The van der Waals surface area contributed by atoms with Crippen molar-refractivity contribution in [2.45, 2.75) is 40.5 Å². The molecule has 1 heterocycles. The summed E-state index contributed by atoms with van der Waals surface area (Å²) < 4.78 is 0. The molecule has 0 fully saturated rings. The minimum absolute atomic E-state index is 0.0769. The number of nitrogens with one attached hydrogen (secondary N) is 2. The summed E-state index contributed by atoms with van der Waals surface area (Å²) in [6.07, 6.45) is 1.20. The molecule has 3 aromatic rings. The SMILES string of the molecule is Cc1cccc(C)c1Nc1nc(Nc2ccc(Cl)cc2)nc2c1C(=O)CC(C)(C)C2. The van der Waals surface area contributed by atoms with E-state index < -0.39 is 0 Å². The molecule has 6 heteroatoms. The number of rotatable bonds is 4. The highest BCUT2D eigenvalue weighted by Crippen LogP contribution is 2.38. The maximum atomic E-state index is 13.0. The lowest BCUT2D eigenvalue weighted by Crippen LogP contribution is -2.29. The summed E-state index contributed by atoms with van der Waals surface area (Å²) in [5.74, 6) is 1.08. The third-order valence-electron chi connectivity index (χ3n) is 5.37. The first kappa shape index (κ1) is 20.4. The van der Waals surface area contributed by atoms with E-state index in [0.717, 1.165) is 28.2 Å². The molecule has 30 heavy (non-hydrogen) atoms. The van der Waals surface area contributed by atoms with Crippen LogP contribution in [-0.2, 0) is 6.42 Å². The van der Waals surface area contributed by atoms with E-state index >= 15 is 0 Å². The molecular weight excluding hydrogens is 396 g/mol. The van der Waals surface area contributed by atoms with Crippen molar-refractivity contribution in [2.24, 2.45) is 5.41 Å². The van der Waals surface area contributed by atoms with Crippen molar-refractivity contribution < 1.29 is 4.79 Å². The third kappa shape index (κ3) is 4.17. The van der Waals surface area contributed by atoms with Gasteiger partial charge in [-0.1, -0.05) is 43.6 Å². The van der Waals surface area contributed by atoms with Crippen molar-refractivity contribution >= 4 is 40.5 Å². The first-order chi connectivity index (χ1) is 14.2. The van der Waals surface area contributed by atoms with E-state index in [4.69, 9.17) is 21.6 Å². The molecule has 0 saturated heterocycles. The molecule has 1 aliphatic rings. The van der Waals surface area contributed by atoms with Crippen molar-refractivity contribution in [3.8, 4) is 0 Å². The number of carbonyl (C=O) groups is 1. The number of anilines is 4. The number of aromatic nitrogens is 2. The molecule has 2 N–H and O–H groups in total. The van der Waals surface area contributed by atoms with Crippen molar-refractivity contribution in [1.29, 1.82) is 0 Å². The zero-order valence-corrected chi connectivity index (χ0v) is 18.4. The van der Waals surface area contributed by atoms with E-state index in [1.165, 1.54) is 0 Å². The summed E-state index contributed by atoms with van der Waals surface area (Å²) in [5, 5.41) is 7.34. The average molecular weight is 421 g/mol. The molecule has 0 atom stereocenters. The van der Waals surface area contributed by atoms with Crippen LogP contribution in [0.4, 0.5) is 23.1 Å². The van der Waals surface area contributed by atoms with E-state index in [-0.39, 0.29) is 11.2 Å². The minimum Gasteiger partial charge on any atom is -0.339 e. The molecule has 0 saturated carbocycles. The Hall–Kier alpha value is -2.92. The van der Waals surface area contributed by atoms with Gasteiger partial charge in [0.05, 0.1) is 11.3 Å². The molecule has 154 valence electrons. The summed E-state index contributed by atoms with van der Waals surface area (Å²) >= 11 is 6.00. The van der Waals surface area contributed by atoms with Crippen LogP contribution in [0.15, 0.2) is 42.5 Å². The third-order valence-corrected chi connectivity index (χ3v) is 5.62. The van der Waals surface area contributed by atoms with Gasteiger partial charge in [-0.05, 0) is 61.1 Å². The molecule has 4 rings (SSSR count). The number of fused-ring (bicyclic) bond motifs is 1. The number of Topliss-reactive ketones (excluding diaryl/α,β-unsaturated/α-hetero) is 1. The normalized spacial score (nSPS) is 14.9. The first-order valence-corrected chi connectivity index (χ1v) is 10.4. The van der Waals surface area contributed by atoms with Crippen LogP contribution in [0, 0.1) is 19.3 Å². The zero-order valence-electron chi connectivity index (χ0n) is 17.6. The van der Waals surface area contributed by atoms with Gasteiger partial charge in [-0.2, -0.15) is 4.98 Å². The second kappa shape index (κ2) is 7.73. The smallest absolute Gasteiger partial charge is 0.229 e. The van der Waals surface area contributed by atoms with Gasteiger partial charge in [0.15, 0.2) is 5.78 Å². The highest BCUT2D eigenvalue weighted by atomic mass is 35.5. The van der Waals surface area contributed by atoms with Crippen molar-refractivity contribution in [3.05, 3.63) is 69.9 Å². The molecule has 0 unspecified atom stereocenters. The van der Waals surface area contributed by atoms with Gasteiger partial charge in [-0.15, -0.1) is 0 Å². The number of nitrogens with zero attached hydrogens (tertiary/aromatic N) is 2. The average Bonchev–Trinajstić information content (AvgIpc) is 2.65. The van der Waals surface area contributed by atoms with Gasteiger partial charge in [0.2, 0.25) is 5.95 Å². The largest absolute Gasteiger partial charge is 0.339 e. The van der Waals surface area contributed by atoms with Crippen LogP contribution in [0.5, 0.6) is 0 Å². The van der Waals surface area contributed by atoms with Crippen LogP contribution in [-0.4, -0.2) is 15.8 Å². The van der Waals surface area contributed by atoms with Crippen LogP contribution in [0.2, 0.25) is 5.02 Å². The Morgan fingerprint density at radius 1 is 0.933 bits per heavy atom. The molecule has 1 aliphatic carbocycles. The van der Waals surface area contributed by atoms with Gasteiger partial charge in [0.1, 0.15) is 5.82 Å². The Morgan fingerprint density at radius 3 is 2.27 bits per heavy atom. The number of hydrogen-bond acceptors (Lipinski definition) is 5. The molecule has 1 aromatic heterocycles. The Kier molecular flexibility index (Phi) is 5.24. The molecular formula is C24H25ClN4O. The Balaban J connectivity index is 1.80. The quantitative estimate of drug-likeness (QED) is 0.511. The molecule has 0 radical (unpaired) electrons. The van der Waals surface area contributed by atoms with E-state index in [1.807, 2.05) is 56.3 Å². The van der Waals surface area contributed by atoms with Crippen molar-refractivity contribution in [1.82, 2.24) is 9.97 Å². The van der Waals surface area contributed by atoms with Crippen molar-refractivity contribution in [3.63, 3.8) is 0 Å². The molecule has 0 spiro atoms. The number of ketones is 1. The Labute approximate surface area is 181 Å². The fourth-order valence-corrected chi connectivity index (χ4v) is 4.03. The Morgan fingerprint density at radius 2 is 1.60 bits per heavy atom. The topological polar surface area (TPSA) is 66.9 Å². The number of aryl methyl sites for hydroxylation is 2. The molecule has 5 nitrogen and oxygen atoms in total. The predicted octanol–water partition coefficient (Wildman–Crippen LogP) is 6.39. The van der Waals surface area contributed by atoms with E-state index in [0.29, 0.717) is 35.2 Å². The highest BCUT2D eigenvalue weighted by Gasteiger charge is 2.35. The number of hydrogen-bond donors (Lipinski definition) is 2. The van der Waals surface area contributed by atoms with Gasteiger partial charge in [-0.3, -0.25) is 4.79 Å². The molecule has 0 bridgehead atoms. The summed E-state index contributed by atoms with van der Waals surface area (Å²) in [6, 6.07) is 13.5.